The molecule has 0 bridgehead atoms. The van der Waals surface area contributed by atoms with Crippen molar-refractivity contribution in [3.8, 4) is 0 Å². The van der Waals surface area contributed by atoms with Gasteiger partial charge in [-0.05, 0) is 42.8 Å². The van der Waals surface area contributed by atoms with Crippen molar-refractivity contribution >= 4 is 48.1 Å². The largest absolute Gasteiger partial charge is 0.439 e. The number of benzene rings is 1. The van der Waals surface area contributed by atoms with Crippen molar-refractivity contribution in [2.45, 2.75) is 23.3 Å². The highest BCUT2D eigenvalue weighted by atomic mass is 79.9. The van der Waals surface area contributed by atoms with E-state index >= 15 is 0 Å². The van der Waals surface area contributed by atoms with Crippen LogP contribution < -0.4 is 5.32 Å². The SMILES string of the molecule is CCc1nnc(NC(=O)c2ccc(S(=O)(=O)c3ccc(Br)cc3)o2)s1. The van der Waals surface area contributed by atoms with E-state index in [2.05, 4.69) is 31.4 Å². The van der Waals surface area contributed by atoms with Gasteiger partial charge in [0, 0.05) is 4.47 Å². The van der Waals surface area contributed by atoms with E-state index in [0.29, 0.717) is 11.6 Å². The van der Waals surface area contributed by atoms with Crippen molar-refractivity contribution in [2.75, 3.05) is 5.32 Å². The van der Waals surface area contributed by atoms with Crippen LogP contribution in [0.3, 0.4) is 0 Å². The molecule has 3 aromatic rings. The maximum Gasteiger partial charge on any atom is 0.293 e. The molecule has 1 amide bonds. The lowest BCUT2D eigenvalue weighted by molar-refractivity contribution is 0.0991. The van der Waals surface area contributed by atoms with Crippen LogP contribution >= 0.6 is 27.3 Å². The zero-order valence-electron chi connectivity index (χ0n) is 12.9. The maximum atomic E-state index is 12.5. The number of hydrogen-bond donors (Lipinski definition) is 1. The number of aryl methyl sites for hydroxylation is 1. The van der Waals surface area contributed by atoms with E-state index in [1.807, 2.05) is 6.92 Å². The fourth-order valence-corrected chi connectivity index (χ4v) is 4.03. The molecule has 3 rings (SSSR count). The first-order chi connectivity index (χ1) is 11.9. The molecule has 0 aliphatic rings. The molecule has 0 unspecified atom stereocenters. The van der Waals surface area contributed by atoms with Crippen molar-refractivity contribution < 1.29 is 17.6 Å². The molecule has 0 radical (unpaired) electrons. The van der Waals surface area contributed by atoms with Crippen LogP contribution in [-0.4, -0.2) is 24.5 Å². The Labute approximate surface area is 156 Å². The van der Waals surface area contributed by atoms with Gasteiger partial charge in [-0.1, -0.05) is 34.2 Å². The average molecular weight is 442 g/mol. The Kier molecular flexibility index (Phi) is 5.02. The molecule has 1 N–H and O–H groups in total. The lowest BCUT2D eigenvalue weighted by atomic mass is 10.4. The van der Waals surface area contributed by atoms with Gasteiger partial charge in [-0.25, -0.2) is 8.42 Å². The van der Waals surface area contributed by atoms with Crippen molar-refractivity contribution in [3.63, 3.8) is 0 Å². The summed E-state index contributed by atoms with van der Waals surface area (Å²) in [5.74, 6) is -0.708. The van der Waals surface area contributed by atoms with Crippen LogP contribution in [0.25, 0.3) is 0 Å². The Hall–Kier alpha value is -2.04. The lowest BCUT2D eigenvalue weighted by Crippen LogP contribution is -2.10. The van der Waals surface area contributed by atoms with Crippen LogP contribution in [0, 0.1) is 0 Å². The predicted octanol–water partition coefficient (Wildman–Crippen LogP) is 3.54. The number of sulfone groups is 1. The standard InChI is InChI=1S/C15H12BrN3O4S2/c1-2-12-18-19-15(24-12)17-14(20)11-7-8-13(23-11)25(21,22)10-5-3-9(16)4-6-10/h3-8H,2H2,1H3,(H,17,19,20). The topological polar surface area (TPSA) is 102 Å². The summed E-state index contributed by atoms with van der Waals surface area (Å²) in [6.07, 6.45) is 0.712. The van der Waals surface area contributed by atoms with E-state index in [4.69, 9.17) is 4.42 Å². The Balaban J connectivity index is 1.81. The molecule has 25 heavy (non-hydrogen) atoms. The van der Waals surface area contributed by atoms with Gasteiger partial charge in [0.15, 0.2) is 5.76 Å². The van der Waals surface area contributed by atoms with Crippen LogP contribution in [0.4, 0.5) is 5.13 Å². The number of anilines is 1. The van der Waals surface area contributed by atoms with Gasteiger partial charge in [-0.2, -0.15) is 0 Å². The van der Waals surface area contributed by atoms with Crippen molar-refractivity contribution in [1.29, 1.82) is 0 Å². The summed E-state index contributed by atoms with van der Waals surface area (Å²) in [6, 6.07) is 8.70. The predicted molar refractivity (Wildman–Crippen MR) is 95.5 cm³/mol. The molecule has 1 aromatic carbocycles. The fourth-order valence-electron chi connectivity index (χ4n) is 1.92. The summed E-state index contributed by atoms with van der Waals surface area (Å²) in [4.78, 5) is 12.2. The fraction of sp³-hybridized carbons (Fsp3) is 0.133. The minimum absolute atomic E-state index is 0.0775. The zero-order chi connectivity index (χ0) is 18.0. The number of amides is 1. The second-order valence-electron chi connectivity index (χ2n) is 4.88. The normalized spacial score (nSPS) is 11.4. The number of aromatic nitrogens is 2. The molecule has 0 saturated carbocycles. The highest BCUT2D eigenvalue weighted by molar-refractivity contribution is 9.10. The Morgan fingerprint density at radius 3 is 2.56 bits per heavy atom. The molecule has 0 aliphatic heterocycles. The molecule has 2 heterocycles. The van der Waals surface area contributed by atoms with Gasteiger partial charge >= 0.3 is 0 Å². The number of hydrogen-bond acceptors (Lipinski definition) is 7. The van der Waals surface area contributed by atoms with Gasteiger partial charge in [0.25, 0.3) is 5.91 Å². The zero-order valence-corrected chi connectivity index (χ0v) is 16.1. The van der Waals surface area contributed by atoms with Gasteiger partial charge in [0.2, 0.25) is 20.1 Å². The Morgan fingerprint density at radius 1 is 1.20 bits per heavy atom. The second-order valence-corrected chi connectivity index (χ2v) is 8.74. The van der Waals surface area contributed by atoms with Gasteiger partial charge < -0.3 is 4.42 Å². The van der Waals surface area contributed by atoms with Gasteiger partial charge in [-0.15, -0.1) is 10.2 Å². The first-order valence-corrected chi connectivity index (χ1v) is 10.2. The second kappa shape index (κ2) is 7.06. The summed E-state index contributed by atoms with van der Waals surface area (Å²) in [5, 5.41) is 11.1. The molecular weight excluding hydrogens is 430 g/mol. The van der Waals surface area contributed by atoms with E-state index in [-0.39, 0.29) is 15.7 Å². The van der Waals surface area contributed by atoms with E-state index < -0.39 is 15.7 Å². The smallest absolute Gasteiger partial charge is 0.293 e. The molecule has 0 atom stereocenters. The maximum absolute atomic E-state index is 12.5. The average Bonchev–Trinajstić information content (AvgIpc) is 3.24. The quantitative estimate of drug-likeness (QED) is 0.649. The van der Waals surface area contributed by atoms with E-state index in [9.17, 15) is 13.2 Å². The molecule has 0 aliphatic carbocycles. The van der Waals surface area contributed by atoms with E-state index in [1.165, 1.54) is 35.6 Å². The number of rotatable bonds is 5. The van der Waals surface area contributed by atoms with E-state index in [0.717, 1.165) is 9.48 Å². The highest BCUT2D eigenvalue weighted by Crippen LogP contribution is 2.25. The summed E-state index contributed by atoms with van der Waals surface area (Å²) >= 11 is 4.50. The third-order valence-electron chi connectivity index (χ3n) is 3.18. The van der Waals surface area contributed by atoms with Gasteiger partial charge in [0.1, 0.15) is 5.01 Å². The van der Waals surface area contributed by atoms with Crippen LogP contribution in [0.15, 0.2) is 55.3 Å². The summed E-state index contributed by atoms with van der Waals surface area (Å²) in [5.41, 5.74) is 0. The minimum Gasteiger partial charge on any atom is -0.439 e. The van der Waals surface area contributed by atoms with Crippen molar-refractivity contribution in [3.05, 3.63) is 51.6 Å². The van der Waals surface area contributed by atoms with Crippen LogP contribution in [0.2, 0.25) is 0 Å². The molecule has 130 valence electrons. The lowest BCUT2D eigenvalue weighted by Gasteiger charge is -2.01. The molecule has 0 spiro atoms. The number of carbonyl (C=O) groups is 1. The number of nitrogens with zero attached hydrogens (tertiary/aromatic N) is 2. The molecule has 2 aromatic heterocycles. The number of halogens is 1. The van der Waals surface area contributed by atoms with E-state index in [1.54, 1.807) is 12.1 Å². The molecule has 0 fully saturated rings. The first-order valence-electron chi connectivity index (χ1n) is 7.14. The molecule has 7 nitrogen and oxygen atoms in total. The molecule has 10 heteroatoms. The minimum atomic E-state index is -3.83. The van der Waals surface area contributed by atoms with Crippen LogP contribution in [-0.2, 0) is 16.3 Å². The number of furan rings is 1. The van der Waals surface area contributed by atoms with Crippen LogP contribution in [0.5, 0.6) is 0 Å². The summed E-state index contributed by atoms with van der Waals surface area (Å²) < 4.78 is 31.0. The van der Waals surface area contributed by atoms with Crippen LogP contribution in [0.1, 0.15) is 22.5 Å². The molecular formula is C15H12BrN3O4S2. The summed E-state index contributed by atoms with van der Waals surface area (Å²) in [6.45, 7) is 1.93. The first kappa shape index (κ1) is 17.8. The monoisotopic (exact) mass is 441 g/mol. The van der Waals surface area contributed by atoms with Gasteiger partial charge in [-0.3, -0.25) is 10.1 Å². The Bertz CT molecular complexity index is 1010. The van der Waals surface area contributed by atoms with Crippen molar-refractivity contribution in [2.24, 2.45) is 0 Å². The third kappa shape index (κ3) is 3.80. The third-order valence-corrected chi connectivity index (χ3v) is 6.34. The highest BCUT2D eigenvalue weighted by Gasteiger charge is 2.24. The Morgan fingerprint density at radius 2 is 1.92 bits per heavy atom. The number of nitrogens with one attached hydrogen (secondary N) is 1. The number of carbonyl (C=O) groups excluding carboxylic acids is 1. The summed E-state index contributed by atoms with van der Waals surface area (Å²) in [7, 11) is -3.83. The molecule has 0 saturated heterocycles. The van der Waals surface area contributed by atoms with Gasteiger partial charge in [0.05, 0.1) is 4.90 Å². The van der Waals surface area contributed by atoms with Crippen molar-refractivity contribution in [1.82, 2.24) is 10.2 Å².